The predicted molar refractivity (Wildman–Crippen MR) is 75.1 cm³/mol. The highest BCUT2D eigenvalue weighted by Crippen LogP contribution is 2.34. The van der Waals surface area contributed by atoms with Crippen LogP contribution in [0.3, 0.4) is 0 Å². The van der Waals surface area contributed by atoms with Crippen LogP contribution in [-0.4, -0.2) is 31.6 Å². The number of carbonyl (C=O) groups is 2. The Morgan fingerprint density at radius 3 is 3.00 bits per heavy atom. The molecule has 0 aromatic heterocycles. The molecule has 5 nitrogen and oxygen atoms in total. The van der Waals surface area contributed by atoms with Gasteiger partial charge in [0, 0.05) is 10.6 Å². The quantitative estimate of drug-likeness (QED) is 0.631. The van der Waals surface area contributed by atoms with Gasteiger partial charge < -0.3 is 14.4 Å². The number of fused-ring (bicyclic) bond motifs is 1. The number of amides is 1. The molecule has 0 bridgehead atoms. The molecule has 0 radical (unpaired) electrons. The standard InChI is InChI=1S/C14H14ClNO4/c1-3-19-14(18)9(2)7-16-11-6-10(15)4-5-12(11)20-8-13(16)17/h4-6H,2-3,7-8H2,1H3. The molecule has 0 spiro atoms. The van der Waals surface area contributed by atoms with E-state index < -0.39 is 5.97 Å². The van der Waals surface area contributed by atoms with Crippen molar-refractivity contribution in [3.05, 3.63) is 35.4 Å². The van der Waals surface area contributed by atoms with Crippen molar-refractivity contribution in [3.63, 3.8) is 0 Å². The maximum absolute atomic E-state index is 11.9. The first-order valence-electron chi connectivity index (χ1n) is 6.10. The van der Waals surface area contributed by atoms with Crippen molar-refractivity contribution in [1.29, 1.82) is 0 Å². The van der Waals surface area contributed by atoms with Crippen LogP contribution in [-0.2, 0) is 14.3 Å². The van der Waals surface area contributed by atoms with Crippen LogP contribution >= 0.6 is 11.6 Å². The maximum atomic E-state index is 11.9. The topological polar surface area (TPSA) is 55.8 Å². The van der Waals surface area contributed by atoms with Crippen LogP contribution < -0.4 is 9.64 Å². The molecule has 2 rings (SSSR count). The summed E-state index contributed by atoms with van der Waals surface area (Å²) in [6, 6.07) is 4.98. The zero-order valence-corrected chi connectivity index (χ0v) is 11.8. The molecular formula is C14H14ClNO4. The second-order valence-electron chi connectivity index (χ2n) is 4.20. The Morgan fingerprint density at radius 1 is 1.55 bits per heavy atom. The Balaban J connectivity index is 2.23. The minimum absolute atomic E-state index is 0.0500. The highest BCUT2D eigenvalue weighted by Gasteiger charge is 2.27. The second-order valence-corrected chi connectivity index (χ2v) is 4.64. The zero-order chi connectivity index (χ0) is 14.7. The highest BCUT2D eigenvalue weighted by molar-refractivity contribution is 6.31. The first kappa shape index (κ1) is 14.4. The van der Waals surface area contributed by atoms with E-state index in [0.717, 1.165) is 0 Å². The van der Waals surface area contributed by atoms with Gasteiger partial charge in [0.15, 0.2) is 6.61 Å². The van der Waals surface area contributed by atoms with Crippen LogP contribution in [0.5, 0.6) is 5.75 Å². The molecule has 1 aromatic carbocycles. The van der Waals surface area contributed by atoms with E-state index in [0.29, 0.717) is 16.5 Å². The fraction of sp³-hybridized carbons (Fsp3) is 0.286. The van der Waals surface area contributed by atoms with E-state index in [1.807, 2.05) is 0 Å². The van der Waals surface area contributed by atoms with Crippen molar-refractivity contribution in [2.75, 3.05) is 24.7 Å². The fourth-order valence-corrected chi connectivity index (χ4v) is 2.00. The summed E-state index contributed by atoms with van der Waals surface area (Å²) in [4.78, 5) is 25.0. The van der Waals surface area contributed by atoms with Crippen LogP contribution in [0.1, 0.15) is 6.92 Å². The lowest BCUT2D eigenvalue weighted by Crippen LogP contribution is -2.40. The summed E-state index contributed by atoms with van der Waals surface area (Å²) < 4.78 is 10.2. The third-order valence-corrected chi connectivity index (χ3v) is 3.01. The molecule has 1 aliphatic rings. The minimum atomic E-state index is -0.518. The molecule has 1 aliphatic heterocycles. The molecular weight excluding hydrogens is 282 g/mol. The smallest absolute Gasteiger partial charge is 0.335 e. The van der Waals surface area contributed by atoms with Gasteiger partial charge >= 0.3 is 5.97 Å². The van der Waals surface area contributed by atoms with E-state index in [9.17, 15) is 9.59 Å². The molecule has 6 heteroatoms. The summed E-state index contributed by atoms with van der Waals surface area (Å²) in [5.41, 5.74) is 0.729. The number of ether oxygens (including phenoxy) is 2. The normalized spacial score (nSPS) is 13.5. The lowest BCUT2D eigenvalue weighted by atomic mass is 10.2. The van der Waals surface area contributed by atoms with E-state index in [1.165, 1.54) is 4.90 Å². The Bertz CT molecular complexity index is 570. The summed E-state index contributed by atoms with van der Waals surface area (Å²) in [5.74, 6) is -0.230. The van der Waals surface area contributed by atoms with Gasteiger partial charge in [0.1, 0.15) is 5.75 Å². The number of hydrogen-bond donors (Lipinski definition) is 0. The molecule has 1 amide bonds. The highest BCUT2D eigenvalue weighted by atomic mass is 35.5. The Morgan fingerprint density at radius 2 is 2.30 bits per heavy atom. The van der Waals surface area contributed by atoms with E-state index in [-0.39, 0.29) is 31.2 Å². The molecule has 0 saturated carbocycles. The monoisotopic (exact) mass is 295 g/mol. The summed E-state index contributed by atoms with van der Waals surface area (Å²) in [5, 5.41) is 0.480. The maximum Gasteiger partial charge on any atom is 0.335 e. The average molecular weight is 296 g/mol. The summed E-state index contributed by atoms with van der Waals surface area (Å²) in [7, 11) is 0. The number of halogens is 1. The average Bonchev–Trinajstić information content (AvgIpc) is 2.42. The van der Waals surface area contributed by atoms with Gasteiger partial charge in [0.25, 0.3) is 5.91 Å². The van der Waals surface area contributed by atoms with Gasteiger partial charge in [-0.25, -0.2) is 4.79 Å². The SMILES string of the molecule is C=C(CN1C(=O)COc2ccc(Cl)cc21)C(=O)OCC. The second kappa shape index (κ2) is 5.96. The molecule has 1 aromatic rings. The number of nitrogens with zero attached hydrogens (tertiary/aromatic N) is 1. The van der Waals surface area contributed by atoms with Crippen LogP contribution in [0.4, 0.5) is 5.69 Å². The largest absolute Gasteiger partial charge is 0.482 e. The van der Waals surface area contributed by atoms with Crippen LogP contribution in [0.2, 0.25) is 5.02 Å². The van der Waals surface area contributed by atoms with Gasteiger partial charge in [-0.15, -0.1) is 0 Å². The molecule has 0 unspecified atom stereocenters. The Hall–Kier alpha value is -2.01. The van der Waals surface area contributed by atoms with Gasteiger partial charge in [-0.05, 0) is 25.1 Å². The molecule has 0 N–H and O–H groups in total. The van der Waals surface area contributed by atoms with Gasteiger partial charge in [0.2, 0.25) is 0 Å². The number of carbonyl (C=O) groups excluding carboxylic acids is 2. The number of benzene rings is 1. The summed E-state index contributed by atoms with van der Waals surface area (Å²) in [6.07, 6.45) is 0. The molecule has 0 atom stereocenters. The number of rotatable bonds is 4. The first-order valence-corrected chi connectivity index (χ1v) is 6.48. The van der Waals surface area contributed by atoms with Crippen LogP contribution in [0, 0.1) is 0 Å². The van der Waals surface area contributed by atoms with Crippen molar-refractivity contribution < 1.29 is 19.1 Å². The Kier molecular flexibility index (Phi) is 4.29. The molecule has 20 heavy (non-hydrogen) atoms. The van der Waals surface area contributed by atoms with Crippen molar-refractivity contribution in [2.24, 2.45) is 0 Å². The van der Waals surface area contributed by atoms with Gasteiger partial charge in [-0.3, -0.25) is 4.79 Å². The van der Waals surface area contributed by atoms with Crippen molar-refractivity contribution in [3.8, 4) is 5.75 Å². The Labute approximate surface area is 121 Å². The van der Waals surface area contributed by atoms with E-state index in [1.54, 1.807) is 25.1 Å². The number of esters is 1. The first-order chi connectivity index (χ1) is 9.52. The minimum Gasteiger partial charge on any atom is -0.482 e. The summed E-state index contributed by atoms with van der Waals surface area (Å²) >= 11 is 5.93. The van der Waals surface area contributed by atoms with Crippen LogP contribution in [0.15, 0.2) is 30.4 Å². The molecule has 106 valence electrons. The number of hydrogen-bond acceptors (Lipinski definition) is 4. The zero-order valence-electron chi connectivity index (χ0n) is 11.0. The van der Waals surface area contributed by atoms with E-state index in [2.05, 4.69) is 6.58 Å². The number of anilines is 1. The molecule has 1 heterocycles. The van der Waals surface area contributed by atoms with Crippen molar-refractivity contribution in [1.82, 2.24) is 0 Å². The van der Waals surface area contributed by atoms with E-state index >= 15 is 0 Å². The fourth-order valence-electron chi connectivity index (χ4n) is 1.84. The van der Waals surface area contributed by atoms with Gasteiger partial charge in [-0.1, -0.05) is 18.2 Å². The predicted octanol–water partition coefficient (Wildman–Crippen LogP) is 2.18. The molecule has 0 fully saturated rings. The van der Waals surface area contributed by atoms with Gasteiger partial charge in [-0.2, -0.15) is 0 Å². The third kappa shape index (κ3) is 2.93. The third-order valence-electron chi connectivity index (χ3n) is 2.78. The molecule has 0 saturated heterocycles. The van der Waals surface area contributed by atoms with Crippen molar-refractivity contribution >= 4 is 29.2 Å². The molecule has 0 aliphatic carbocycles. The van der Waals surface area contributed by atoms with Crippen LogP contribution in [0.25, 0.3) is 0 Å². The van der Waals surface area contributed by atoms with Gasteiger partial charge in [0.05, 0.1) is 18.8 Å². The van der Waals surface area contributed by atoms with E-state index in [4.69, 9.17) is 21.1 Å². The summed E-state index contributed by atoms with van der Waals surface area (Å²) in [6.45, 7) is 5.60. The lowest BCUT2D eigenvalue weighted by Gasteiger charge is -2.29. The van der Waals surface area contributed by atoms with Crippen molar-refractivity contribution in [2.45, 2.75) is 6.92 Å². The lowest BCUT2D eigenvalue weighted by molar-refractivity contribution is -0.138.